The SMILES string of the molecule is O=C(NCC1CC(C(=O)O)CC1O)c1ccc(Cl)s1. The third-order valence-electron chi connectivity index (χ3n) is 3.33. The van der Waals surface area contributed by atoms with Crippen molar-refractivity contribution in [1.29, 1.82) is 0 Å². The molecule has 2 rings (SSSR count). The Morgan fingerprint density at radius 3 is 2.68 bits per heavy atom. The predicted octanol–water partition coefficient (Wildman–Crippen LogP) is 1.60. The largest absolute Gasteiger partial charge is 0.481 e. The topological polar surface area (TPSA) is 86.6 Å². The molecule has 1 amide bonds. The highest BCUT2D eigenvalue weighted by Gasteiger charge is 2.36. The molecule has 1 aromatic rings. The van der Waals surface area contributed by atoms with E-state index in [1.54, 1.807) is 12.1 Å². The second kappa shape index (κ2) is 5.90. The molecule has 104 valence electrons. The molecular weight excluding hydrogens is 290 g/mol. The van der Waals surface area contributed by atoms with Gasteiger partial charge in [0.1, 0.15) is 0 Å². The van der Waals surface area contributed by atoms with Gasteiger partial charge in [0.25, 0.3) is 5.91 Å². The van der Waals surface area contributed by atoms with Gasteiger partial charge in [0.15, 0.2) is 0 Å². The number of nitrogens with one attached hydrogen (secondary N) is 1. The Bertz CT molecular complexity index is 490. The summed E-state index contributed by atoms with van der Waals surface area (Å²) in [5, 5.41) is 21.4. The standard InChI is InChI=1S/C12H14ClNO4S/c13-10-2-1-9(19-10)11(16)14-5-7-3-6(12(17)18)4-8(7)15/h1-2,6-8,15H,3-5H2,(H,14,16)(H,17,18). The number of carbonyl (C=O) groups is 2. The normalized spacial score (nSPS) is 26.3. The number of hydrogen-bond acceptors (Lipinski definition) is 4. The fourth-order valence-corrected chi connectivity index (χ4v) is 3.23. The van der Waals surface area contributed by atoms with Crippen LogP contribution in [0.4, 0.5) is 0 Å². The predicted molar refractivity (Wildman–Crippen MR) is 71.5 cm³/mol. The van der Waals surface area contributed by atoms with Crippen molar-refractivity contribution in [3.05, 3.63) is 21.3 Å². The van der Waals surface area contributed by atoms with Crippen LogP contribution in [-0.4, -0.2) is 34.7 Å². The van der Waals surface area contributed by atoms with Crippen molar-refractivity contribution < 1.29 is 19.8 Å². The monoisotopic (exact) mass is 303 g/mol. The summed E-state index contributed by atoms with van der Waals surface area (Å²) in [4.78, 5) is 23.1. The molecule has 0 spiro atoms. The zero-order chi connectivity index (χ0) is 14.0. The zero-order valence-corrected chi connectivity index (χ0v) is 11.6. The summed E-state index contributed by atoms with van der Waals surface area (Å²) in [6, 6.07) is 3.28. The summed E-state index contributed by atoms with van der Waals surface area (Å²) in [7, 11) is 0. The van der Waals surface area contributed by atoms with Crippen LogP contribution in [0.1, 0.15) is 22.5 Å². The van der Waals surface area contributed by atoms with Crippen molar-refractivity contribution in [2.45, 2.75) is 18.9 Å². The number of carbonyl (C=O) groups excluding carboxylic acids is 1. The molecular formula is C12H14ClNO4S. The number of hydrogen-bond donors (Lipinski definition) is 3. The minimum atomic E-state index is -0.891. The van der Waals surface area contributed by atoms with E-state index >= 15 is 0 Å². The number of amides is 1. The summed E-state index contributed by atoms with van der Waals surface area (Å²) in [5.41, 5.74) is 0. The fraction of sp³-hybridized carbons (Fsp3) is 0.500. The number of halogens is 1. The van der Waals surface area contributed by atoms with E-state index in [9.17, 15) is 14.7 Å². The first-order valence-corrected chi connectivity index (χ1v) is 7.11. The van der Waals surface area contributed by atoms with Gasteiger partial charge in [0.2, 0.25) is 0 Å². The quantitative estimate of drug-likeness (QED) is 0.788. The molecule has 1 aromatic heterocycles. The van der Waals surface area contributed by atoms with E-state index in [4.69, 9.17) is 16.7 Å². The van der Waals surface area contributed by atoms with Gasteiger partial charge in [-0.05, 0) is 25.0 Å². The van der Waals surface area contributed by atoms with Crippen LogP contribution in [-0.2, 0) is 4.79 Å². The summed E-state index contributed by atoms with van der Waals surface area (Å²) in [6.07, 6.45) is -0.0313. The molecule has 1 aliphatic carbocycles. The average molecular weight is 304 g/mol. The third-order valence-corrected chi connectivity index (χ3v) is 4.56. The number of aliphatic hydroxyl groups excluding tert-OH is 1. The molecule has 5 nitrogen and oxygen atoms in total. The lowest BCUT2D eigenvalue weighted by molar-refractivity contribution is -0.141. The van der Waals surface area contributed by atoms with Crippen molar-refractivity contribution >= 4 is 34.8 Å². The first-order valence-electron chi connectivity index (χ1n) is 5.91. The molecule has 3 atom stereocenters. The fourth-order valence-electron chi connectivity index (χ4n) is 2.27. The minimum Gasteiger partial charge on any atom is -0.481 e. The van der Waals surface area contributed by atoms with Crippen molar-refractivity contribution in [2.75, 3.05) is 6.54 Å². The van der Waals surface area contributed by atoms with E-state index in [1.165, 1.54) is 11.3 Å². The lowest BCUT2D eigenvalue weighted by atomic mass is 10.0. The van der Waals surface area contributed by atoms with Gasteiger partial charge in [-0.25, -0.2) is 0 Å². The highest BCUT2D eigenvalue weighted by molar-refractivity contribution is 7.17. The molecule has 1 saturated carbocycles. The van der Waals surface area contributed by atoms with Crippen LogP contribution >= 0.6 is 22.9 Å². The zero-order valence-electron chi connectivity index (χ0n) is 10.0. The molecule has 0 aliphatic heterocycles. The molecule has 0 saturated heterocycles. The van der Waals surface area contributed by atoms with Crippen LogP contribution in [0.3, 0.4) is 0 Å². The third kappa shape index (κ3) is 3.46. The molecule has 0 radical (unpaired) electrons. The second-order valence-electron chi connectivity index (χ2n) is 4.65. The Hall–Kier alpha value is -1.11. The highest BCUT2D eigenvalue weighted by Crippen LogP contribution is 2.31. The van der Waals surface area contributed by atoms with Crippen LogP contribution in [0.25, 0.3) is 0 Å². The first kappa shape index (κ1) is 14.3. The van der Waals surface area contributed by atoms with E-state index in [1.807, 2.05) is 0 Å². The van der Waals surface area contributed by atoms with Gasteiger partial charge >= 0.3 is 5.97 Å². The maximum Gasteiger partial charge on any atom is 0.306 e. The number of thiophene rings is 1. The number of aliphatic carboxylic acids is 1. The first-order chi connectivity index (χ1) is 8.97. The van der Waals surface area contributed by atoms with E-state index in [0.29, 0.717) is 15.6 Å². The Labute approximate surface area is 119 Å². The van der Waals surface area contributed by atoms with Crippen LogP contribution in [0.5, 0.6) is 0 Å². The van der Waals surface area contributed by atoms with Gasteiger partial charge in [-0.1, -0.05) is 11.6 Å². The van der Waals surface area contributed by atoms with Gasteiger partial charge in [0, 0.05) is 12.5 Å². The van der Waals surface area contributed by atoms with Gasteiger partial charge in [0.05, 0.1) is 21.2 Å². The Balaban J connectivity index is 1.86. The maximum atomic E-state index is 11.8. The Morgan fingerprint density at radius 2 is 2.16 bits per heavy atom. The summed E-state index contributed by atoms with van der Waals surface area (Å²) < 4.78 is 0.539. The molecule has 1 fully saturated rings. The lowest BCUT2D eigenvalue weighted by Gasteiger charge is -2.14. The minimum absolute atomic E-state index is 0.208. The Kier molecular flexibility index (Phi) is 4.44. The number of rotatable bonds is 4. The van der Waals surface area contributed by atoms with Crippen molar-refractivity contribution in [3.63, 3.8) is 0 Å². The average Bonchev–Trinajstić information content (AvgIpc) is 2.93. The van der Waals surface area contributed by atoms with E-state index in [0.717, 1.165) is 0 Å². The number of carboxylic acids is 1. The van der Waals surface area contributed by atoms with Crippen molar-refractivity contribution in [1.82, 2.24) is 5.32 Å². The summed E-state index contributed by atoms with van der Waals surface area (Å²) in [5.74, 6) is -1.87. The van der Waals surface area contributed by atoms with Gasteiger partial charge in [-0.3, -0.25) is 9.59 Å². The number of aliphatic hydroxyl groups is 1. The number of carboxylic acid groups (broad SMARTS) is 1. The molecule has 3 N–H and O–H groups in total. The van der Waals surface area contributed by atoms with E-state index in [2.05, 4.69) is 5.32 Å². The van der Waals surface area contributed by atoms with Crippen LogP contribution in [0.2, 0.25) is 4.34 Å². The smallest absolute Gasteiger partial charge is 0.306 e. The van der Waals surface area contributed by atoms with Crippen molar-refractivity contribution in [2.24, 2.45) is 11.8 Å². The molecule has 19 heavy (non-hydrogen) atoms. The van der Waals surface area contributed by atoms with Crippen LogP contribution < -0.4 is 5.32 Å². The molecule has 7 heteroatoms. The maximum absolute atomic E-state index is 11.8. The van der Waals surface area contributed by atoms with Crippen LogP contribution in [0.15, 0.2) is 12.1 Å². The Morgan fingerprint density at radius 1 is 1.42 bits per heavy atom. The van der Waals surface area contributed by atoms with Gasteiger partial charge in [-0.15, -0.1) is 11.3 Å². The summed E-state index contributed by atoms with van der Waals surface area (Å²) in [6.45, 7) is 0.277. The molecule has 0 bridgehead atoms. The van der Waals surface area contributed by atoms with E-state index in [-0.39, 0.29) is 24.8 Å². The highest BCUT2D eigenvalue weighted by atomic mass is 35.5. The van der Waals surface area contributed by atoms with E-state index < -0.39 is 18.0 Å². The second-order valence-corrected chi connectivity index (χ2v) is 6.36. The molecule has 0 aromatic carbocycles. The van der Waals surface area contributed by atoms with Gasteiger partial charge in [-0.2, -0.15) is 0 Å². The molecule has 1 heterocycles. The summed E-state index contributed by atoms with van der Waals surface area (Å²) >= 11 is 6.92. The molecule has 1 aliphatic rings. The van der Waals surface area contributed by atoms with Crippen LogP contribution in [0, 0.1) is 11.8 Å². The molecule has 3 unspecified atom stereocenters. The van der Waals surface area contributed by atoms with Gasteiger partial charge < -0.3 is 15.5 Å². The lowest BCUT2D eigenvalue weighted by Crippen LogP contribution is -2.32. The van der Waals surface area contributed by atoms with Crippen molar-refractivity contribution in [3.8, 4) is 0 Å².